The first-order chi connectivity index (χ1) is 7.59. The molecule has 0 saturated carbocycles. The van der Waals surface area contributed by atoms with E-state index in [9.17, 15) is 0 Å². The molecule has 0 aliphatic heterocycles. The molecule has 2 aromatic rings. The quantitative estimate of drug-likeness (QED) is 0.835. The molecule has 0 fully saturated rings. The van der Waals surface area contributed by atoms with Gasteiger partial charge in [0.05, 0.1) is 6.04 Å². The normalized spacial score (nSPS) is 12.8. The first-order valence-electron chi connectivity index (χ1n) is 5.47. The van der Waals surface area contributed by atoms with E-state index in [0.717, 1.165) is 17.1 Å². The van der Waals surface area contributed by atoms with Crippen LogP contribution in [0.4, 0.5) is 0 Å². The molecule has 0 saturated heterocycles. The summed E-state index contributed by atoms with van der Waals surface area (Å²) in [5.74, 6) is 1.73. The van der Waals surface area contributed by atoms with Gasteiger partial charge < -0.3 is 10.2 Å². The number of furan rings is 1. The summed E-state index contributed by atoms with van der Waals surface area (Å²) in [7, 11) is 0. The van der Waals surface area contributed by atoms with E-state index in [1.807, 2.05) is 25.1 Å². The molecule has 0 aliphatic carbocycles. The number of benzene rings is 1. The molecule has 1 unspecified atom stereocenters. The molecule has 0 bridgehead atoms. The van der Waals surface area contributed by atoms with Gasteiger partial charge in [0.15, 0.2) is 0 Å². The SMILES string of the molecule is Cc1ccc(C(N)c2c(C)cccc2C)o1. The molecule has 1 aromatic carbocycles. The summed E-state index contributed by atoms with van der Waals surface area (Å²) < 4.78 is 5.58. The minimum Gasteiger partial charge on any atom is -0.464 e. The summed E-state index contributed by atoms with van der Waals surface area (Å²) in [4.78, 5) is 0. The van der Waals surface area contributed by atoms with Crippen LogP contribution in [0.5, 0.6) is 0 Å². The van der Waals surface area contributed by atoms with Crippen molar-refractivity contribution in [2.75, 3.05) is 0 Å². The highest BCUT2D eigenvalue weighted by molar-refractivity contribution is 5.39. The van der Waals surface area contributed by atoms with E-state index < -0.39 is 0 Å². The summed E-state index contributed by atoms with van der Waals surface area (Å²) >= 11 is 0. The third-order valence-corrected chi connectivity index (χ3v) is 2.92. The first-order valence-corrected chi connectivity index (χ1v) is 5.47. The van der Waals surface area contributed by atoms with Crippen LogP contribution in [0.1, 0.15) is 34.3 Å². The van der Waals surface area contributed by atoms with Crippen LogP contribution in [0, 0.1) is 20.8 Å². The third-order valence-electron chi connectivity index (χ3n) is 2.92. The summed E-state index contributed by atoms with van der Waals surface area (Å²) in [5, 5.41) is 0. The zero-order valence-corrected chi connectivity index (χ0v) is 9.95. The van der Waals surface area contributed by atoms with Gasteiger partial charge in [-0.25, -0.2) is 0 Å². The van der Waals surface area contributed by atoms with Gasteiger partial charge in [0.25, 0.3) is 0 Å². The van der Waals surface area contributed by atoms with E-state index in [1.165, 1.54) is 11.1 Å². The number of aryl methyl sites for hydroxylation is 3. The lowest BCUT2D eigenvalue weighted by atomic mass is 9.95. The van der Waals surface area contributed by atoms with E-state index in [1.54, 1.807) is 0 Å². The summed E-state index contributed by atoms with van der Waals surface area (Å²) in [6.07, 6.45) is 0. The minimum atomic E-state index is -0.171. The predicted molar refractivity (Wildman–Crippen MR) is 65.4 cm³/mol. The highest BCUT2D eigenvalue weighted by Crippen LogP contribution is 2.26. The van der Waals surface area contributed by atoms with Crippen LogP contribution in [0.2, 0.25) is 0 Å². The number of nitrogens with two attached hydrogens (primary N) is 1. The summed E-state index contributed by atoms with van der Waals surface area (Å²) in [6, 6.07) is 9.94. The van der Waals surface area contributed by atoms with E-state index in [4.69, 9.17) is 10.2 Å². The molecule has 2 rings (SSSR count). The second-order valence-electron chi connectivity index (χ2n) is 4.23. The Bertz CT molecular complexity index is 479. The van der Waals surface area contributed by atoms with Crippen molar-refractivity contribution in [3.63, 3.8) is 0 Å². The molecule has 0 amide bonds. The van der Waals surface area contributed by atoms with Crippen molar-refractivity contribution >= 4 is 0 Å². The van der Waals surface area contributed by atoms with E-state index in [0.29, 0.717) is 0 Å². The van der Waals surface area contributed by atoms with Gasteiger partial charge in [-0.2, -0.15) is 0 Å². The lowest BCUT2D eigenvalue weighted by Gasteiger charge is -2.15. The van der Waals surface area contributed by atoms with Crippen LogP contribution in [0.3, 0.4) is 0 Å². The number of rotatable bonds is 2. The van der Waals surface area contributed by atoms with Crippen molar-refractivity contribution < 1.29 is 4.42 Å². The monoisotopic (exact) mass is 215 g/mol. The largest absolute Gasteiger partial charge is 0.464 e. The van der Waals surface area contributed by atoms with Crippen LogP contribution in [0.25, 0.3) is 0 Å². The van der Waals surface area contributed by atoms with Crippen LogP contribution in [-0.2, 0) is 0 Å². The summed E-state index contributed by atoms with van der Waals surface area (Å²) in [5.41, 5.74) is 9.82. The Morgan fingerprint density at radius 3 is 2.12 bits per heavy atom. The average Bonchev–Trinajstić information content (AvgIpc) is 2.64. The van der Waals surface area contributed by atoms with Gasteiger partial charge in [0.2, 0.25) is 0 Å². The molecule has 0 aliphatic rings. The van der Waals surface area contributed by atoms with Gasteiger partial charge in [-0.05, 0) is 49.6 Å². The van der Waals surface area contributed by atoms with Crippen molar-refractivity contribution in [3.05, 3.63) is 58.5 Å². The fraction of sp³-hybridized carbons (Fsp3) is 0.286. The van der Waals surface area contributed by atoms with Crippen molar-refractivity contribution in [1.29, 1.82) is 0 Å². The average molecular weight is 215 g/mol. The third kappa shape index (κ3) is 1.89. The van der Waals surface area contributed by atoms with Gasteiger partial charge in [0.1, 0.15) is 11.5 Å². The van der Waals surface area contributed by atoms with Gasteiger partial charge in [0, 0.05) is 0 Å². The molecule has 1 aromatic heterocycles. The molecule has 0 radical (unpaired) electrons. The van der Waals surface area contributed by atoms with Crippen molar-refractivity contribution in [3.8, 4) is 0 Å². The highest BCUT2D eigenvalue weighted by atomic mass is 16.3. The Kier molecular flexibility index (Phi) is 2.84. The Morgan fingerprint density at radius 2 is 1.62 bits per heavy atom. The van der Waals surface area contributed by atoms with Gasteiger partial charge in [-0.15, -0.1) is 0 Å². The Balaban J connectivity index is 2.45. The molecule has 84 valence electrons. The maximum atomic E-state index is 6.24. The second kappa shape index (κ2) is 4.14. The van der Waals surface area contributed by atoms with E-state index in [-0.39, 0.29) is 6.04 Å². The molecule has 2 N–H and O–H groups in total. The van der Waals surface area contributed by atoms with Crippen LogP contribution in [0.15, 0.2) is 34.7 Å². The molecule has 16 heavy (non-hydrogen) atoms. The lowest BCUT2D eigenvalue weighted by molar-refractivity contribution is 0.465. The number of hydrogen-bond acceptors (Lipinski definition) is 2. The smallest absolute Gasteiger partial charge is 0.125 e. The Labute approximate surface area is 96.1 Å². The number of hydrogen-bond donors (Lipinski definition) is 1. The molecular formula is C14H17NO. The lowest BCUT2D eigenvalue weighted by Crippen LogP contribution is -2.14. The molecule has 2 nitrogen and oxygen atoms in total. The van der Waals surface area contributed by atoms with Crippen molar-refractivity contribution in [2.24, 2.45) is 5.73 Å². The summed E-state index contributed by atoms with van der Waals surface area (Å²) in [6.45, 7) is 6.09. The fourth-order valence-corrected chi connectivity index (χ4v) is 2.08. The fourth-order valence-electron chi connectivity index (χ4n) is 2.08. The van der Waals surface area contributed by atoms with Crippen LogP contribution >= 0.6 is 0 Å². The maximum absolute atomic E-state index is 6.24. The van der Waals surface area contributed by atoms with Crippen molar-refractivity contribution in [2.45, 2.75) is 26.8 Å². The maximum Gasteiger partial charge on any atom is 0.125 e. The molecule has 1 heterocycles. The van der Waals surface area contributed by atoms with E-state index >= 15 is 0 Å². The topological polar surface area (TPSA) is 39.2 Å². The predicted octanol–water partition coefficient (Wildman–Crippen LogP) is 3.25. The Morgan fingerprint density at radius 1 is 1.00 bits per heavy atom. The first kappa shape index (κ1) is 11.0. The molecule has 1 atom stereocenters. The van der Waals surface area contributed by atoms with Crippen LogP contribution in [-0.4, -0.2) is 0 Å². The van der Waals surface area contributed by atoms with Gasteiger partial charge >= 0.3 is 0 Å². The standard InChI is InChI=1S/C14H17NO/c1-9-5-4-6-10(2)13(9)14(15)12-8-7-11(3)16-12/h4-8,14H,15H2,1-3H3. The highest BCUT2D eigenvalue weighted by Gasteiger charge is 2.16. The zero-order valence-electron chi connectivity index (χ0n) is 9.95. The van der Waals surface area contributed by atoms with Gasteiger partial charge in [-0.3, -0.25) is 0 Å². The van der Waals surface area contributed by atoms with E-state index in [2.05, 4.69) is 26.0 Å². The molecule has 2 heteroatoms. The minimum absolute atomic E-state index is 0.171. The second-order valence-corrected chi connectivity index (χ2v) is 4.23. The van der Waals surface area contributed by atoms with Crippen molar-refractivity contribution in [1.82, 2.24) is 0 Å². The Hall–Kier alpha value is -1.54. The van der Waals surface area contributed by atoms with Crippen LogP contribution < -0.4 is 5.73 Å². The zero-order chi connectivity index (χ0) is 11.7. The van der Waals surface area contributed by atoms with Gasteiger partial charge in [-0.1, -0.05) is 18.2 Å². The molecule has 0 spiro atoms. The molecular weight excluding hydrogens is 198 g/mol.